The van der Waals surface area contributed by atoms with Crippen molar-refractivity contribution >= 4 is 22.6 Å². The summed E-state index contributed by atoms with van der Waals surface area (Å²) in [7, 11) is 0. The summed E-state index contributed by atoms with van der Waals surface area (Å²) in [5, 5.41) is 10.3. The van der Waals surface area contributed by atoms with Gasteiger partial charge >= 0.3 is 0 Å². The second kappa shape index (κ2) is 6.32. The molecule has 0 bridgehead atoms. The van der Waals surface area contributed by atoms with E-state index < -0.39 is 0 Å². The van der Waals surface area contributed by atoms with E-state index in [1.54, 1.807) is 53.8 Å². The molecule has 128 valence electrons. The summed E-state index contributed by atoms with van der Waals surface area (Å²) in [5.74, 6) is 0.436. The zero-order chi connectivity index (χ0) is 18.1. The van der Waals surface area contributed by atoms with Crippen LogP contribution in [0.3, 0.4) is 0 Å². The van der Waals surface area contributed by atoms with Gasteiger partial charge in [-0.15, -0.1) is 10.2 Å². The number of rotatable bonds is 3. The third-order valence-corrected chi connectivity index (χ3v) is 4.03. The summed E-state index contributed by atoms with van der Waals surface area (Å²) < 4.78 is 1.68. The van der Waals surface area contributed by atoms with Crippen LogP contribution in [-0.4, -0.2) is 35.6 Å². The van der Waals surface area contributed by atoms with Crippen molar-refractivity contribution in [1.29, 1.82) is 0 Å². The van der Waals surface area contributed by atoms with Crippen LogP contribution in [0.1, 0.15) is 21.7 Å². The SMILES string of the molecule is Cc1nc2ccc(C(=O)Nc3ccc(-n4cnnc4)nc3)cc2nc1C. The molecule has 1 N–H and O–H groups in total. The summed E-state index contributed by atoms with van der Waals surface area (Å²) in [6, 6.07) is 8.83. The minimum absolute atomic E-state index is 0.231. The minimum Gasteiger partial charge on any atom is -0.321 e. The summed E-state index contributed by atoms with van der Waals surface area (Å²) >= 11 is 0. The van der Waals surface area contributed by atoms with Gasteiger partial charge in [0.15, 0.2) is 0 Å². The molecule has 1 aromatic carbocycles. The lowest BCUT2D eigenvalue weighted by Crippen LogP contribution is -2.12. The van der Waals surface area contributed by atoms with Crippen LogP contribution in [0.15, 0.2) is 49.2 Å². The van der Waals surface area contributed by atoms with Crippen molar-refractivity contribution in [2.45, 2.75) is 13.8 Å². The zero-order valence-corrected chi connectivity index (χ0v) is 14.2. The van der Waals surface area contributed by atoms with Crippen molar-refractivity contribution in [3.05, 3.63) is 66.1 Å². The normalized spacial score (nSPS) is 10.8. The molecular weight excluding hydrogens is 330 g/mol. The van der Waals surface area contributed by atoms with E-state index in [0.29, 0.717) is 22.6 Å². The van der Waals surface area contributed by atoms with E-state index in [9.17, 15) is 4.79 Å². The Bertz CT molecular complexity index is 1090. The molecule has 4 rings (SSSR count). The number of aromatic nitrogens is 6. The van der Waals surface area contributed by atoms with E-state index in [0.717, 1.165) is 16.9 Å². The lowest BCUT2D eigenvalue weighted by molar-refractivity contribution is 0.102. The number of nitrogens with one attached hydrogen (secondary N) is 1. The molecule has 0 atom stereocenters. The molecule has 0 aliphatic rings. The molecular formula is C18H15N7O. The van der Waals surface area contributed by atoms with Crippen molar-refractivity contribution in [1.82, 2.24) is 29.7 Å². The van der Waals surface area contributed by atoms with Crippen molar-refractivity contribution in [3.8, 4) is 5.82 Å². The Labute approximate surface area is 149 Å². The van der Waals surface area contributed by atoms with Gasteiger partial charge in [-0.25, -0.2) is 15.0 Å². The van der Waals surface area contributed by atoms with Gasteiger partial charge in [0.05, 0.1) is 34.3 Å². The van der Waals surface area contributed by atoms with Crippen molar-refractivity contribution in [2.75, 3.05) is 5.32 Å². The van der Waals surface area contributed by atoms with E-state index in [1.807, 2.05) is 13.8 Å². The van der Waals surface area contributed by atoms with Crippen LogP contribution >= 0.6 is 0 Å². The van der Waals surface area contributed by atoms with Gasteiger partial charge in [0.25, 0.3) is 5.91 Å². The number of fused-ring (bicyclic) bond motifs is 1. The first-order chi connectivity index (χ1) is 12.6. The fourth-order valence-electron chi connectivity index (χ4n) is 2.51. The molecule has 1 amide bonds. The van der Waals surface area contributed by atoms with Crippen LogP contribution in [-0.2, 0) is 0 Å². The van der Waals surface area contributed by atoms with E-state index in [-0.39, 0.29) is 5.91 Å². The van der Waals surface area contributed by atoms with Crippen molar-refractivity contribution < 1.29 is 4.79 Å². The topological polar surface area (TPSA) is 98.5 Å². The van der Waals surface area contributed by atoms with Crippen molar-refractivity contribution in [2.24, 2.45) is 0 Å². The standard InChI is InChI=1S/C18H15N7O/c1-11-12(2)23-16-7-13(3-5-15(16)22-11)18(26)24-14-4-6-17(19-8-14)25-9-20-21-10-25/h3-10H,1-2H3,(H,24,26). The highest BCUT2D eigenvalue weighted by Crippen LogP contribution is 2.16. The molecule has 3 aromatic heterocycles. The predicted molar refractivity (Wildman–Crippen MR) is 96.1 cm³/mol. The second-order valence-corrected chi connectivity index (χ2v) is 5.83. The van der Waals surface area contributed by atoms with Gasteiger partial charge in [0.1, 0.15) is 18.5 Å². The molecule has 3 heterocycles. The van der Waals surface area contributed by atoms with Crippen LogP contribution in [0.25, 0.3) is 16.9 Å². The Balaban J connectivity index is 1.56. The lowest BCUT2D eigenvalue weighted by Gasteiger charge is -2.07. The largest absolute Gasteiger partial charge is 0.321 e. The maximum absolute atomic E-state index is 12.5. The highest BCUT2D eigenvalue weighted by Gasteiger charge is 2.10. The fraction of sp³-hybridized carbons (Fsp3) is 0.111. The molecule has 0 radical (unpaired) electrons. The van der Waals surface area contributed by atoms with Gasteiger partial charge < -0.3 is 5.32 Å². The Morgan fingerprint density at radius 1 is 0.962 bits per heavy atom. The van der Waals surface area contributed by atoms with Gasteiger partial charge in [0.2, 0.25) is 0 Å². The van der Waals surface area contributed by atoms with Crippen LogP contribution in [0.2, 0.25) is 0 Å². The molecule has 8 nitrogen and oxygen atoms in total. The first-order valence-corrected chi connectivity index (χ1v) is 7.97. The van der Waals surface area contributed by atoms with Gasteiger partial charge in [-0.2, -0.15) is 0 Å². The highest BCUT2D eigenvalue weighted by atomic mass is 16.1. The second-order valence-electron chi connectivity index (χ2n) is 5.83. The molecule has 0 unspecified atom stereocenters. The Kier molecular flexibility index (Phi) is 3.85. The monoisotopic (exact) mass is 345 g/mol. The summed E-state index contributed by atoms with van der Waals surface area (Å²) in [5.41, 5.74) is 4.31. The molecule has 0 aliphatic carbocycles. The molecule has 0 spiro atoms. The summed E-state index contributed by atoms with van der Waals surface area (Å²) in [4.78, 5) is 25.8. The number of carbonyl (C=O) groups excluding carboxylic acids is 1. The number of anilines is 1. The predicted octanol–water partition coefficient (Wildman–Crippen LogP) is 2.47. The molecule has 0 saturated heterocycles. The summed E-state index contributed by atoms with van der Waals surface area (Å²) in [6.45, 7) is 3.82. The molecule has 8 heteroatoms. The molecule has 0 aliphatic heterocycles. The maximum Gasteiger partial charge on any atom is 0.255 e. The Morgan fingerprint density at radius 3 is 2.38 bits per heavy atom. The molecule has 0 fully saturated rings. The van der Waals surface area contributed by atoms with Gasteiger partial charge in [0, 0.05) is 5.56 Å². The van der Waals surface area contributed by atoms with Crippen LogP contribution in [0.4, 0.5) is 5.69 Å². The number of aryl methyl sites for hydroxylation is 2. The Morgan fingerprint density at radius 2 is 1.69 bits per heavy atom. The van der Waals surface area contributed by atoms with Crippen LogP contribution in [0.5, 0.6) is 0 Å². The molecule has 0 saturated carbocycles. The van der Waals surface area contributed by atoms with Gasteiger partial charge in [-0.05, 0) is 44.2 Å². The van der Waals surface area contributed by atoms with E-state index >= 15 is 0 Å². The highest BCUT2D eigenvalue weighted by molar-refractivity contribution is 6.05. The Hall–Kier alpha value is -3.68. The molecule has 26 heavy (non-hydrogen) atoms. The fourth-order valence-corrected chi connectivity index (χ4v) is 2.51. The van der Waals surface area contributed by atoms with Crippen molar-refractivity contribution in [3.63, 3.8) is 0 Å². The van der Waals surface area contributed by atoms with Gasteiger partial charge in [-0.3, -0.25) is 9.36 Å². The van der Waals surface area contributed by atoms with E-state index in [4.69, 9.17) is 0 Å². The lowest BCUT2D eigenvalue weighted by atomic mass is 10.1. The first kappa shape index (κ1) is 15.8. The third kappa shape index (κ3) is 3.00. The van der Waals surface area contributed by atoms with Crippen LogP contribution in [0, 0.1) is 13.8 Å². The number of pyridine rings is 1. The third-order valence-electron chi connectivity index (χ3n) is 4.03. The average molecular weight is 345 g/mol. The number of hydrogen-bond acceptors (Lipinski definition) is 6. The zero-order valence-electron chi connectivity index (χ0n) is 14.2. The first-order valence-electron chi connectivity index (χ1n) is 7.97. The quantitative estimate of drug-likeness (QED) is 0.612. The number of amides is 1. The smallest absolute Gasteiger partial charge is 0.255 e. The van der Waals surface area contributed by atoms with E-state index in [1.165, 1.54) is 0 Å². The number of carbonyl (C=O) groups is 1. The molecule has 4 aromatic rings. The van der Waals surface area contributed by atoms with Crippen LogP contribution < -0.4 is 5.32 Å². The number of benzene rings is 1. The summed E-state index contributed by atoms with van der Waals surface area (Å²) in [6.07, 6.45) is 4.70. The van der Waals surface area contributed by atoms with E-state index in [2.05, 4.69) is 30.5 Å². The number of hydrogen-bond donors (Lipinski definition) is 1. The maximum atomic E-state index is 12.5. The number of nitrogens with zero attached hydrogens (tertiary/aromatic N) is 6. The van der Waals surface area contributed by atoms with Gasteiger partial charge in [-0.1, -0.05) is 0 Å². The average Bonchev–Trinajstić information content (AvgIpc) is 3.17. The minimum atomic E-state index is -0.231.